The average Bonchev–Trinajstić information content (AvgIpc) is 2.87. The van der Waals surface area contributed by atoms with Gasteiger partial charge in [0.2, 0.25) is 5.95 Å². The number of hydrogen-bond donors (Lipinski definition) is 2. The first kappa shape index (κ1) is 12.9. The lowest BCUT2D eigenvalue weighted by Crippen LogP contribution is -2.07. The third-order valence-electron chi connectivity index (χ3n) is 3.11. The summed E-state index contributed by atoms with van der Waals surface area (Å²) in [5, 5.41) is 16.7. The van der Waals surface area contributed by atoms with E-state index in [1.807, 2.05) is 18.2 Å². The second-order valence-electron chi connectivity index (χ2n) is 4.47. The lowest BCUT2D eigenvalue weighted by atomic mass is 10.1. The monoisotopic (exact) mass is 279 g/mol. The van der Waals surface area contributed by atoms with Gasteiger partial charge in [-0.1, -0.05) is 30.3 Å². The van der Waals surface area contributed by atoms with Crippen LogP contribution in [-0.4, -0.2) is 26.1 Å². The van der Waals surface area contributed by atoms with Crippen molar-refractivity contribution in [3.63, 3.8) is 0 Å². The van der Waals surface area contributed by atoms with E-state index in [-0.39, 0.29) is 5.95 Å². The highest BCUT2D eigenvalue weighted by molar-refractivity contribution is 5.68. The highest BCUT2D eigenvalue weighted by Gasteiger charge is 2.14. The number of nitrogens with two attached hydrogens (primary N) is 1. The van der Waals surface area contributed by atoms with Crippen LogP contribution in [0.5, 0.6) is 0 Å². The molecule has 0 atom stereocenters. The molecule has 21 heavy (non-hydrogen) atoms. The third-order valence-corrected chi connectivity index (χ3v) is 3.11. The van der Waals surface area contributed by atoms with E-state index in [9.17, 15) is 5.26 Å². The molecule has 0 spiro atoms. The minimum atomic E-state index is 0.201. The van der Waals surface area contributed by atoms with Crippen molar-refractivity contribution in [2.75, 3.05) is 17.6 Å². The first-order valence-electron chi connectivity index (χ1n) is 6.46. The summed E-state index contributed by atoms with van der Waals surface area (Å²) >= 11 is 0. The summed E-state index contributed by atoms with van der Waals surface area (Å²) in [4.78, 5) is 7.90. The Morgan fingerprint density at radius 2 is 2.05 bits per heavy atom. The molecule has 1 aromatic carbocycles. The maximum atomic E-state index is 9.27. The molecule has 0 radical (unpaired) electrons. The van der Waals surface area contributed by atoms with Crippen LogP contribution in [0.3, 0.4) is 0 Å². The summed E-state index contributed by atoms with van der Waals surface area (Å²) in [7, 11) is 0. The van der Waals surface area contributed by atoms with Crippen LogP contribution in [0.4, 0.5) is 11.8 Å². The van der Waals surface area contributed by atoms with Gasteiger partial charge < -0.3 is 11.1 Å². The number of nitriles is 1. The van der Waals surface area contributed by atoms with Crippen molar-refractivity contribution in [1.82, 2.24) is 19.6 Å². The lowest BCUT2D eigenvalue weighted by molar-refractivity contribution is 0.901. The Kier molecular flexibility index (Phi) is 3.35. The molecular formula is C14H13N7. The minimum absolute atomic E-state index is 0.201. The first-order chi connectivity index (χ1) is 10.3. The Labute approximate surface area is 121 Å². The maximum Gasteiger partial charge on any atom is 0.224 e. The number of aromatic nitrogens is 4. The SMILES string of the molecule is N#Cc1c(NCCc2ccccc2)nn2c(N)ncnc12. The van der Waals surface area contributed by atoms with Gasteiger partial charge in [-0.2, -0.15) is 9.78 Å². The molecule has 0 saturated heterocycles. The van der Waals surface area contributed by atoms with Crippen molar-refractivity contribution in [3.8, 4) is 6.07 Å². The Morgan fingerprint density at radius 1 is 1.24 bits per heavy atom. The van der Waals surface area contributed by atoms with Crippen molar-refractivity contribution < 1.29 is 0 Å². The quantitative estimate of drug-likeness (QED) is 0.744. The number of nitrogens with zero attached hydrogens (tertiary/aromatic N) is 5. The molecule has 2 aromatic heterocycles. The molecule has 3 N–H and O–H groups in total. The minimum Gasteiger partial charge on any atom is -0.368 e. The van der Waals surface area contributed by atoms with E-state index in [0.717, 1.165) is 6.42 Å². The van der Waals surface area contributed by atoms with Crippen LogP contribution in [-0.2, 0) is 6.42 Å². The molecule has 0 fully saturated rings. The normalized spacial score (nSPS) is 10.4. The third kappa shape index (κ3) is 2.47. The number of fused-ring (bicyclic) bond motifs is 1. The zero-order valence-electron chi connectivity index (χ0n) is 11.2. The molecule has 7 nitrogen and oxygen atoms in total. The number of nitrogen functional groups attached to an aromatic ring is 1. The van der Waals surface area contributed by atoms with Crippen molar-refractivity contribution in [3.05, 3.63) is 47.8 Å². The Hall–Kier alpha value is -3.14. The molecule has 0 saturated carbocycles. The number of nitrogens with one attached hydrogen (secondary N) is 1. The summed E-state index contributed by atoms with van der Waals surface area (Å²) in [6.45, 7) is 0.663. The average molecular weight is 279 g/mol. The molecule has 3 rings (SSSR count). The first-order valence-corrected chi connectivity index (χ1v) is 6.46. The largest absolute Gasteiger partial charge is 0.368 e. The number of anilines is 2. The van der Waals surface area contributed by atoms with Crippen LogP contribution in [0, 0.1) is 11.3 Å². The fourth-order valence-corrected chi connectivity index (χ4v) is 2.08. The zero-order valence-corrected chi connectivity index (χ0v) is 11.2. The predicted octanol–water partition coefficient (Wildman–Crippen LogP) is 1.23. The summed E-state index contributed by atoms with van der Waals surface area (Å²) < 4.78 is 1.36. The van der Waals surface area contributed by atoms with Crippen LogP contribution in [0.1, 0.15) is 11.1 Å². The molecule has 0 aliphatic carbocycles. The second kappa shape index (κ2) is 5.46. The molecule has 0 aliphatic rings. The molecule has 2 heterocycles. The van der Waals surface area contributed by atoms with Crippen LogP contribution in [0.2, 0.25) is 0 Å². The number of hydrogen-bond acceptors (Lipinski definition) is 6. The van der Waals surface area contributed by atoms with Gasteiger partial charge in [0.15, 0.2) is 11.5 Å². The van der Waals surface area contributed by atoms with Gasteiger partial charge in [0.1, 0.15) is 18.0 Å². The molecule has 3 aromatic rings. The smallest absolute Gasteiger partial charge is 0.224 e. The highest BCUT2D eigenvalue weighted by Crippen LogP contribution is 2.18. The van der Waals surface area contributed by atoms with Gasteiger partial charge in [-0.3, -0.25) is 0 Å². The summed E-state index contributed by atoms with van der Waals surface area (Å²) in [6.07, 6.45) is 2.15. The Balaban J connectivity index is 1.81. The highest BCUT2D eigenvalue weighted by atomic mass is 15.4. The molecule has 7 heteroatoms. The van der Waals surface area contributed by atoms with E-state index in [1.54, 1.807) is 0 Å². The fraction of sp³-hybridized carbons (Fsp3) is 0.143. The Bertz CT molecular complexity index is 801. The lowest BCUT2D eigenvalue weighted by Gasteiger charge is -2.03. The van der Waals surface area contributed by atoms with Gasteiger partial charge in [-0.25, -0.2) is 9.97 Å². The van der Waals surface area contributed by atoms with Crippen LogP contribution >= 0.6 is 0 Å². The Morgan fingerprint density at radius 3 is 2.81 bits per heavy atom. The summed E-state index contributed by atoms with van der Waals surface area (Å²) in [5.41, 5.74) is 7.72. The van der Waals surface area contributed by atoms with E-state index in [0.29, 0.717) is 23.6 Å². The van der Waals surface area contributed by atoms with Crippen molar-refractivity contribution >= 4 is 17.4 Å². The van der Waals surface area contributed by atoms with Gasteiger partial charge in [0, 0.05) is 6.54 Å². The fourth-order valence-electron chi connectivity index (χ4n) is 2.08. The molecule has 0 unspecified atom stereocenters. The van der Waals surface area contributed by atoms with Crippen molar-refractivity contribution in [2.24, 2.45) is 0 Å². The molecule has 0 bridgehead atoms. The molecular weight excluding hydrogens is 266 g/mol. The van der Waals surface area contributed by atoms with Gasteiger partial charge >= 0.3 is 0 Å². The molecule has 0 aliphatic heterocycles. The molecule has 104 valence electrons. The summed E-state index contributed by atoms with van der Waals surface area (Å²) in [5.74, 6) is 0.674. The van der Waals surface area contributed by atoms with Gasteiger partial charge in [-0.15, -0.1) is 5.10 Å². The van der Waals surface area contributed by atoms with E-state index in [1.165, 1.54) is 16.4 Å². The van der Waals surface area contributed by atoms with E-state index < -0.39 is 0 Å². The van der Waals surface area contributed by atoms with Crippen LogP contribution in [0.25, 0.3) is 5.65 Å². The van der Waals surface area contributed by atoms with Crippen molar-refractivity contribution in [2.45, 2.75) is 6.42 Å². The molecule has 0 amide bonds. The second-order valence-corrected chi connectivity index (χ2v) is 4.47. The van der Waals surface area contributed by atoms with Gasteiger partial charge in [0.25, 0.3) is 0 Å². The topological polar surface area (TPSA) is 105 Å². The standard InChI is InChI=1S/C14H13N7/c15-8-11-12(17-7-6-10-4-2-1-3-5-10)20-21-13(11)18-9-19-14(21)16/h1-5,9H,6-7H2,(H,17,20)(H2,16,18,19). The summed E-state index contributed by atoms with van der Waals surface area (Å²) in [6, 6.07) is 12.2. The van der Waals surface area contributed by atoms with E-state index in [4.69, 9.17) is 5.73 Å². The maximum absolute atomic E-state index is 9.27. The van der Waals surface area contributed by atoms with Gasteiger partial charge in [-0.05, 0) is 12.0 Å². The van der Waals surface area contributed by atoms with E-state index in [2.05, 4.69) is 38.6 Å². The number of rotatable bonds is 4. The van der Waals surface area contributed by atoms with Crippen LogP contribution in [0.15, 0.2) is 36.7 Å². The zero-order chi connectivity index (χ0) is 14.7. The van der Waals surface area contributed by atoms with Gasteiger partial charge in [0.05, 0.1) is 0 Å². The number of benzene rings is 1. The predicted molar refractivity (Wildman–Crippen MR) is 78.5 cm³/mol. The van der Waals surface area contributed by atoms with Crippen LogP contribution < -0.4 is 11.1 Å². The van der Waals surface area contributed by atoms with Crippen molar-refractivity contribution in [1.29, 1.82) is 5.26 Å². The van der Waals surface area contributed by atoms with E-state index >= 15 is 0 Å².